The Labute approximate surface area is 173 Å². The van der Waals surface area contributed by atoms with E-state index in [0.29, 0.717) is 18.9 Å². The first-order valence-corrected chi connectivity index (χ1v) is 11.1. The lowest BCUT2D eigenvalue weighted by Crippen LogP contribution is -2.31. The van der Waals surface area contributed by atoms with Crippen LogP contribution in [0, 0.1) is 0 Å². The van der Waals surface area contributed by atoms with Crippen LogP contribution in [0.2, 0.25) is 0 Å². The molecule has 4 aromatic rings. The number of anilines is 1. The van der Waals surface area contributed by atoms with Gasteiger partial charge in [-0.05, 0) is 34.6 Å². The molecule has 0 aliphatic carbocycles. The van der Waals surface area contributed by atoms with Crippen LogP contribution in [0.3, 0.4) is 0 Å². The number of thiazole rings is 1. The maximum Gasteiger partial charge on any atom is 0.234 e. The van der Waals surface area contributed by atoms with E-state index in [4.69, 9.17) is 4.98 Å². The average Bonchev–Trinajstić information content (AvgIpc) is 3.35. The number of aromatic nitrogens is 1. The molecule has 2 heterocycles. The third-order valence-electron chi connectivity index (χ3n) is 4.68. The summed E-state index contributed by atoms with van der Waals surface area (Å²) in [6.07, 6.45) is 0.400. The van der Waals surface area contributed by atoms with Crippen molar-refractivity contribution in [3.05, 3.63) is 82.0 Å². The van der Waals surface area contributed by atoms with Gasteiger partial charge in [0.05, 0.1) is 23.2 Å². The molecule has 0 atom stereocenters. The number of amides is 1. The molecule has 0 spiro atoms. The van der Waals surface area contributed by atoms with Crippen molar-refractivity contribution >= 4 is 43.9 Å². The largest absolute Gasteiger partial charge is 0.283 e. The molecular weight excluding hydrogens is 384 g/mol. The van der Waals surface area contributed by atoms with Gasteiger partial charge in [0.15, 0.2) is 5.13 Å². The van der Waals surface area contributed by atoms with Gasteiger partial charge in [-0.3, -0.25) is 9.69 Å². The standard InChI is InChI=1S/C23H22N2OS2/c1-16(2)19-11-6-12-20-22(19)24-23(28-20)25(15-17-8-4-3-5-9-17)21(26)14-18-10-7-13-27-18/h3-13,16H,14-15H2,1-2H3. The van der Waals surface area contributed by atoms with Crippen molar-refractivity contribution in [3.63, 3.8) is 0 Å². The van der Waals surface area contributed by atoms with Crippen molar-refractivity contribution in [2.75, 3.05) is 4.90 Å². The summed E-state index contributed by atoms with van der Waals surface area (Å²) >= 11 is 3.21. The number of fused-ring (bicyclic) bond motifs is 1. The van der Waals surface area contributed by atoms with Crippen molar-refractivity contribution in [3.8, 4) is 0 Å². The fraction of sp³-hybridized carbons (Fsp3) is 0.217. The van der Waals surface area contributed by atoms with Crippen LogP contribution in [0.15, 0.2) is 66.0 Å². The first kappa shape index (κ1) is 18.8. The van der Waals surface area contributed by atoms with Crippen molar-refractivity contribution in [2.24, 2.45) is 0 Å². The number of carbonyl (C=O) groups excluding carboxylic acids is 1. The van der Waals surface area contributed by atoms with Crippen LogP contribution in [0.5, 0.6) is 0 Å². The topological polar surface area (TPSA) is 33.2 Å². The van der Waals surface area contributed by atoms with Crippen molar-refractivity contribution in [1.82, 2.24) is 4.98 Å². The summed E-state index contributed by atoms with van der Waals surface area (Å²) in [6.45, 7) is 4.89. The lowest BCUT2D eigenvalue weighted by Gasteiger charge is -2.20. The van der Waals surface area contributed by atoms with E-state index in [1.807, 2.05) is 40.6 Å². The van der Waals surface area contributed by atoms with E-state index in [-0.39, 0.29) is 5.91 Å². The van der Waals surface area contributed by atoms with E-state index in [0.717, 1.165) is 25.8 Å². The minimum atomic E-state index is 0.0801. The normalized spacial score (nSPS) is 11.2. The summed E-state index contributed by atoms with van der Waals surface area (Å²) in [4.78, 5) is 21.0. The molecule has 0 radical (unpaired) electrons. The molecule has 0 fully saturated rings. The highest BCUT2D eigenvalue weighted by molar-refractivity contribution is 7.22. The van der Waals surface area contributed by atoms with Crippen LogP contribution in [-0.2, 0) is 17.8 Å². The monoisotopic (exact) mass is 406 g/mol. The van der Waals surface area contributed by atoms with Crippen LogP contribution < -0.4 is 4.90 Å². The Morgan fingerprint density at radius 2 is 1.86 bits per heavy atom. The molecule has 0 N–H and O–H groups in total. The number of hydrogen-bond donors (Lipinski definition) is 0. The molecule has 2 aromatic heterocycles. The SMILES string of the molecule is CC(C)c1cccc2sc(N(Cc3ccccc3)C(=O)Cc3cccs3)nc12. The highest BCUT2D eigenvalue weighted by atomic mass is 32.1. The number of para-hydroxylation sites is 1. The second-order valence-electron chi connectivity index (χ2n) is 7.07. The molecule has 0 aliphatic rings. The van der Waals surface area contributed by atoms with Gasteiger partial charge in [0.1, 0.15) is 0 Å². The summed E-state index contributed by atoms with van der Waals surface area (Å²) in [5.74, 6) is 0.472. The lowest BCUT2D eigenvalue weighted by atomic mass is 10.0. The molecule has 0 aliphatic heterocycles. The average molecular weight is 407 g/mol. The molecule has 0 bridgehead atoms. The molecule has 0 saturated heterocycles. The predicted molar refractivity (Wildman–Crippen MR) is 119 cm³/mol. The molecule has 0 saturated carbocycles. The minimum Gasteiger partial charge on any atom is -0.283 e. The van der Waals surface area contributed by atoms with Gasteiger partial charge in [0, 0.05) is 4.88 Å². The summed E-state index contributed by atoms with van der Waals surface area (Å²) < 4.78 is 1.13. The first-order chi connectivity index (χ1) is 13.6. The summed E-state index contributed by atoms with van der Waals surface area (Å²) in [7, 11) is 0. The molecule has 1 amide bonds. The van der Waals surface area contributed by atoms with Gasteiger partial charge in [-0.25, -0.2) is 4.98 Å². The maximum atomic E-state index is 13.2. The van der Waals surface area contributed by atoms with Gasteiger partial charge in [0.25, 0.3) is 0 Å². The van der Waals surface area contributed by atoms with Gasteiger partial charge < -0.3 is 0 Å². The smallest absolute Gasteiger partial charge is 0.234 e. The fourth-order valence-electron chi connectivity index (χ4n) is 3.23. The molecule has 0 unspecified atom stereocenters. The minimum absolute atomic E-state index is 0.0801. The Morgan fingerprint density at radius 1 is 1.04 bits per heavy atom. The van der Waals surface area contributed by atoms with Crippen LogP contribution >= 0.6 is 22.7 Å². The maximum absolute atomic E-state index is 13.2. The molecule has 5 heteroatoms. The number of carbonyl (C=O) groups is 1. The third kappa shape index (κ3) is 4.01. The van der Waals surface area contributed by atoms with Crippen LogP contribution in [0.25, 0.3) is 10.2 Å². The Kier molecular flexibility index (Phi) is 5.55. The second kappa shape index (κ2) is 8.25. The van der Waals surface area contributed by atoms with E-state index >= 15 is 0 Å². The molecular formula is C23H22N2OS2. The molecule has 142 valence electrons. The molecule has 3 nitrogen and oxygen atoms in total. The number of benzene rings is 2. The molecule has 4 rings (SSSR count). The Hall–Kier alpha value is -2.50. The highest BCUT2D eigenvalue weighted by Gasteiger charge is 2.22. The van der Waals surface area contributed by atoms with Crippen molar-refractivity contribution < 1.29 is 4.79 Å². The summed E-state index contributed by atoms with van der Waals surface area (Å²) in [5, 5.41) is 2.78. The van der Waals surface area contributed by atoms with Crippen molar-refractivity contribution in [1.29, 1.82) is 0 Å². The quantitative estimate of drug-likeness (QED) is 0.379. The van der Waals surface area contributed by atoms with E-state index < -0.39 is 0 Å². The van der Waals surface area contributed by atoms with E-state index in [2.05, 4.69) is 44.2 Å². The van der Waals surface area contributed by atoms with Crippen LogP contribution in [0.1, 0.15) is 35.8 Å². The zero-order chi connectivity index (χ0) is 19.5. The Bertz CT molecular complexity index is 1070. The number of thiophene rings is 1. The molecule has 28 heavy (non-hydrogen) atoms. The van der Waals surface area contributed by atoms with Gasteiger partial charge in [-0.1, -0.05) is 73.7 Å². The zero-order valence-corrected chi connectivity index (χ0v) is 17.6. The van der Waals surface area contributed by atoms with Gasteiger partial charge >= 0.3 is 0 Å². The molecule has 2 aromatic carbocycles. The summed E-state index contributed by atoms with van der Waals surface area (Å²) in [5.41, 5.74) is 3.34. The van der Waals surface area contributed by atoms with Gasteiger partial charge in [0.2, 0.25) is 5.91 Å². The zero-order valence-electron chi connectivity index (χ0n) is 16.0. The number of hydrogen-bond acceptors (Lipinski definition) is 4. The number of rotatable bonds is 6. The van der Waals surface area contributed by atoms with E-state index in [1.165, 1.54) is 5.56 Å². The fourth-order valence-corrected chi connectivity index (χ4v) is 4.94. The van der Waals surface area contributed by atoms with Crippen LogP contribution in [0.4, 0.5) is 5.13 Å². The third-order valence-corrected chi connectivity index (χ3v) is 6.60. The highest BCUT2D eigenvalue weighted by Crippen LogP contribution is 2.34. The van der Waals surface area contributed by atoms with E-state index in [9.17, 15) is 4.79 Å². The Balaban J connectivity index is 1.73. The summed E-state index contributed by atoms with van der Waals surface area (Å²) in [6, 6.07) is 20.4. The Morgan fingerprint density at radius 3 is 2.57 bits per heavy atom. The first-order valence-electron chi connectivity index (χ1n) is 9.38. The van der Waals surface area contributed by atoms with Gasteiger partial charge in [-0.15, -0.1) is 11.3 Å². The van der Waals surface area contributed by atoms with E-state index in [1.54, 1.807) is 22.7 Å². The van der Waals surface area contributed by atoms with Crippen molar-refractivity contribution in [2.45, 2.75) is 32.7 Å². The second-order valence-corrected chi connectivity index (χ2v) is 9.11. The lowest BCUT2D eigenvalue weighted by molar-refractivity contribution is -0.118. The van der Waals surface area contributed by atoms with Crippen LogP contribution in [-0.4, -0.2) is 10.9 Å². The number of nitrogens with zero attached hydrogens (tertiary/aromatic N) is 2. The predicted octanol–water partition coefficient (Wildman–Crippen LogP) is 6.26. The van der Waals surface area contributed by atoms with Gasteiger partial charge in [-0.2, -0.15) is 0 Å².